The Morgan fingerprint density at radius 2 is 1.25 bits per heavy atom. The Hall–Kier alpha value is 0.310. The molecule has 0 saturated carbocycles. The number of hydrogen-bond acceptors (Lipinski definition) is 1. The molecule has 0 heterocycles. The summed E-state index contributed by atoms with van der Waals surface area (Å²) in [4.78, 5) is 0. The first kappa shape index (κ1) is 12.3. The maximum Gasteiger partial charge on any atom is 0.00976 e. The molecular weight excluding hydrogens is 166 g/mol. The van der Waals surface area contributed by atoms with E-state index in [-0.39, 0.29) is 0 Å². The molecule has 73 valence electrons. The molecule has 0 atom stereocenters. The van der Waals surface area contributed by atoms with Crippen LogP contribution in [0.3, 0.4) is 0 Å². The molecule has 0 rings (SSSR count). The molecule has 0 aliphatic rings. The molecule has 0 bridgehead atoms. The molecule has 0 unspecified atom stereocenters. The average molecular weight is 188 g/mol. The summed E-state index contributed by atoms with van der Waals surface area (Å²) in [5.74, 6) is 0. The Bertz CT molecular complexity index is 75.9. The summed E-state index contributed by atoms with van der Waals surface area (Å²) < 4.78 is 2.05. The maximum absolute atomic E-state index is 5.20. The first-order valence-electron chi connectivity index (χ1n) is 5.23. The Morgan fingerprint density at radius 3 is 1.58 bits per heavy atom. The molecule has 12 heavy (non-hydrogen) atoms. The quantitative estimate of drug-likeness (QED) is 0.524. The number of hydrogen-bond donors (Lipinski definition) is 0. The molecule has 1 radical (unpaired) electrons. The molecule has 0 aromatic carbocycles. The zero-order valence-corrected chi connectivity index (χ0v) is 9.33. The minimum Gasteiger partial charge on any atom is -0.240 e. The fraction of sp³-hybridized carbons (Fsp3) is 1.00. The zero-order valence-electron chi connectivity index (χ0n) is 8.51. The first-order chi connectivity index (χ1) is 5.81. The Balaban J connectivity index is 3.04. The highest BCUT2D eigenvalue weighted by atomic mass is 32.1. The lowest BCUT2D eigenvalue weighted by molar-refractivity contribution is 0.438. The summed E-state index contributed by atoms with van der Waals surface area (Å²) in [6.45, 7) is 6.66. The molecule has 0 aliphatic carbocycles. The highest BCUT2D eigenvalue weighted by Gasteiger charge is 1.98. The van der Waals surface area contributed by atoms with Gasteiger partial charge >= 0.3 is 0 Å². The van der Waals surface area contributed by atoms with Crippen LogP contribution in [0.25, 0.3) is 0 Å². The molecule has 0 aromatic heterocycles. The van der Waals surface area contributed by atoms with E-state index in [1.807, 2.05) is 4.31 Å². The van der Waals surface area contributed by atoms with Gasteiger partial charge in [0.05, 0.1) is 0 Å². The van der Waals surface area contributed by atoms with Gasteiger partial charge in [0.2, 0.25) is 0 Å². The Morgan fingerprint density at radius 1 is 0.833 bits per heavy atom. The van der Waals surface area contributed by atoms with Crippen LogP contribution in [0.2, 0.25) is 0 Å². The van der Waals surface area contributed by atoms with E-state index >= 15 is 0 Å². The minimum atomic E-state index is 1.10. The third-order valence-corrected chi connectivity index (χ3v) is 2.39. The predicted molar refractivity (Wildman–Crippen MR) is 58.2 cm³/mol. The van der Waals surface area contributed by atoms with Crippen molar-refractivity contribution in [2.24, 2.45) is 0 Å². The average Bonchev–Trinajstić information content (AvgIpc) is 2.06. The summed E-state index contributed by atoms with van der Waals surface area (Å²) in [6.07, 6.45) is 7.76. The van der Waals surface area contributed by atoms with E-state index in [1.54, 1.807) is 0 Å². The fourth-order valence-electron chi connectivity index (χ4n) is 1.19. The summed E-state index contributed by atoms with van der Waals surface area (Å²) in [5.41, 5.74) is 0. The van der Waals surface area contributed by atoms with Gasteiger partial charge in [-0.1, -0.05) is 39.5 Å². The van der Waals surface area contributed by atoms with Crippen LogP contribution in [0, 0.1) is 0 Å². The molecule has 2 heteroatoms. The molecular formula is C10H22NS. The number of rotatable bonds is 8. The van der Waals surface area contributed by atoms with E-state index in [9.17, 15) is 0 Å². The normalized spacial score (nSPS) is 11.0. The molecule has 0 amide bonds. The van der Waals surface area contributed by atoms with Gasteiger partial charge in [0.15, 0.2) is 0 Å². The van der Waals surface area contributed by atoms with Crippen LogP contribution in [0.15, 0.2) is 0 Å². The van der Waals surface area contributed by atoms with Gasteiger partial charge in [-0.3, -0.25) is 0 Å². The lowest BCUT2D eigenvalue weighted by Gasteiger charge is -2.12. The highest BCUT2D eigenvalue weighted by molar-refractivity contribution is 7.77. The molecule has 0 N–H and O–H groups in total. The number of nitrogens with zero attached hydrogens (tertiary/aromatic N) is 1. The first-order valence-corrected chi connectivity index (χ1v) is 5.59. The standard InChI is InChI=1S/C10H22NS/c1-3-5-7-9-11(12)10-8-6-4-2/h3-10H2,1-2H3. The van der Waals surface area contributed by atoms with E-state index in [4.69, 9.17) is 12.8 Å². The molecule has 0 fully saturated rings. The van der Waals surface area contributed by atoms with Crippen molar-refractivity contribution >= 4 is 12.8 Å². The zero-order chi connectivity index (χ0) is 9.23. The topological polar surface area (TPSA) is 3.24 Å². The summed E-state index contributed by atoms with van der Waals surface area (Å²) in [6, 6.07) is 0. The van der Waals surface area contributed by atoms with Gasteiger partial charge < -0.3 is 0 Å². The van der Waals surface area contributed by atoms with Crippen molar-refractivity contribution in [3.63, 3.8) is 0 Å². The van der Waals surface area contributed by atoms with Crippen molar-refractivity contribution in [1.82, 2.24) is 4.31 Å². The van der Waals surface area contributed by atoms with Crippen molar-refractivity contribution in [3.05, 3.63) is 0 Å². The van der Waals surface area contributed by atoms with Crippen LogP contribution in [0.1, 0.15) is 52.4 Å². The van der Waals surface area contributed by atoms with Gasteiger partial charge in [-0.2, -0.15) is 0 Å². The lowest BCUT2D eigenvalue weighted by atomic mass is 10.2. The van der Waals surface area contributed by atoms with E-state index < -0.39 is 0 Å². The summed E-state index contributed by atoms with van der Waals surface area (Å²) in [5, 5.41) is 0. The fourth-order valence-corrected chi connectivity index (χ4v) is 1.45. The van der Waals surface area contributed by atoms with Crippen LogP contribution in [-0.2, 0) is 0 Å². The second kappa shape index (κ2) is 9.40. The third kappa shape index (κ3) is 8.41. The smallest absolute Gasteiger partial charge is 0.00976 e. The van der Waals surface area contributed by atoms with Crippen LogP contribution >= 0.6 is 12.8 Å². The van der Waals surface area contributed by atoms with Gasteiger partial charge in [0.1, 0.15) is 0 Å². The van der Waals surface area contributed by atoms with Crippen molar-refractivity contribution in [1.29, 1.82) is 0 Å². The van der Waals surface area contributed by atoms with Crippen molar-refractivity contribution in [2.45, 2.75) is 52.4 Å². The van der Waals surface area contributed by atoms with Gasteiger partial charge in [-0.15, -0.1) is 0 Å². The summed E-state index contributed by atoms with van der Waals surface area (Å²) >= 11 is 5.20. The van der Waals surface area contributed by atoms with Crippen molar-refractivity contribution < 1.29 is 0 Å². The van der Waals surface area contributed by atoms with Crippen LogP contribution in [0.5, 0.6) is 0 Å². The molecule has 1 nitrogen and oxygen atoms in total. The Labute approximate surface area is 83.1 Å². The van der Waals surface area contributed by atoms with E-state index in [0.29, 0.717) is 0 Å². The van der Waals surface area contributed by atoms with Crippen LogP contribution in [0.4, 0.5) is 0 Å². The van der Waals surface area contributed by atoms with Crippen molar-refractivity contribution in [2.75, 3.05) is 13.1 Å². The minimum absolute atomic E-state index is 1.10. The monoisotopic (exact) mass is 188 g/mol. The van der Waals surface area contributed by atoms with Gasteiger partial charge in [-0.25, -0.2) is 4.31 Å². The van der Waals surface area contributed by atoms with Crippen LogP contribution in [-0.4, -0.2) is 17.4 Å². The van der Waals surface area contributed by atoms with Gasteiger partial charge in [0.25, 0.3) is 0 Å². The Kier molecular flexibility index (Phi) is 9.64. The van der Waals surface area contributed by atoms with Crippen molar-refractivity contribution in [3.8, 4) is 0 Å². The third-order valence-electron chi connectivity index (χ3n) is 2.02. The van der Waals surface area contributed by atoms with E-state index in [1.165, 1.54) is 38.5 Å². The van der Waals surface area contributed by atoms with E-state index in [2.05, 4.69) is 13.8 Å². The lowest BCUT2D eigenvalue weighted by Crippen LogP contribution is -2.15. The number of unbranched alkanes of at least 4 members (excludes halogenated alkanes) is 4. The molecule has 0 aliphatic heterocycles. The second-order valence-corrected chi connectivity index (χ2v) is 3.86. The molecule has 0 saturated heterocycles. The molecule has 0 aromatic rings. The predicted octanol–water partition coefficient (Wildman–Crippen LogP) is 3.78. The maximum atomic E-state index is 5.20. The van der Waals surface area contributed by atoms with Gasteiger partial charge in [0, 0.05) is 25.9 Å². The second-order valence-electron chi connectivity index (χ2n) is 3.34. The SMILES string of the molecule is CCCCCN([S])CCCCC. The largest absolute Gasteiger partial charge is 0.240 e. The van der Waals surface area contributed by atoms with E-state index in [0.717, 1.165) is 13.1 Å². The summed E-state index contributed by atoms with van der Waals surface area (Å²) in [7, 11) is 0. The molecule has 0 spiro atoms. The van der Waals surface area contributed by atoms with Gasteiger partial charge in [-0.05, 0) is 12.8 Å². The van der Waals surface area contributed by atoms with Crippen LogP contribution < -0.4 is 0 Å². The highest BCUT2D eigenvalue weighted by Crippen LogP contribution is 2.03.